The lowest BCUT2D eigenvalue weighted by Crippen LogP contribution is -2.55. The Balaban J connectivity index is 1.78. The van der Waals surface area contributed by atoms with Gasteiger partial charge in [-0.1, -0.05) is 6.92 Å². The van der Waals surface area contributed by atoms with Crippen LogP contribution >= 0.6 is 0 Å². The number of amides is 1. The highest BCUT2D eigenvalue weighted by Crippen LogP contribution is 2.14. The van der Waals surface area contributed by atoms with E-state index in [9.17, 15) is 4.79 Å². The first-order valence-corrected chi connectivity index (χ1v) is 7.97. The zero-order valence-electron chi connectivity index (χ0n) is 13.0. The van der Waals surface area contributed by atoms with Crippen molar-refractivity contribution in [1.29, 1.82) is 0 Å². The lowest BCUT2D eigenvalue weighted by Gasteiger charge is -2.41. The molecule has 0 aliphatic carbocycles. The number of carbonyl (C=O) groups excluding carboxylic acids is 1. The van der Waals surface area contributed by atoms with Gasteiger partial charge < -0.3 is 9.64 Å². The molecular weight excluding hydrogens is 254 g/mol. The smallest absolute Gasteiger partial charge is 0.236 e. The number of likely N-dealkylation sites (tertiary alicyclic amines) is 1. The van der Waals surface area contributed by atoms with Crippen LogP contribution in [0.1, 0.15) is 26.2 Å². The van der Waals surface area contributed by atoms with E-state index in [0.29, 0.717) is 18.5 Å². The Bertz CT molecular complexity index is 305. The third-order valence-corrected chi connectivity index (χ3v) is 4.56. The molecular formula is C15H29N3O2. The summed E-state index contributed by atoms with van der Waals surface area (Å²) in [4.78, 5) is 19.1. The molecule has 2 aliphatic heterocycles. The van der Waals surface area contributed by atoms with E-state index in [2.05, 4.69) is 16.7 Å². The highest BCUT2D eigenvalue weighted by atomic mass is 16.5. The first-order chi connectivity index (χ1) is 9.74. The van der Waals surface area contributed by atoms with Crippen LogP contribution in [-0.4, -0.2) is 86.2 Å². The lowest BCUT2D eigenvalue weighted by atomic mass is 10.1. The summed E-state index contributed by atoms with van der Waals surface area (Å²) in [5.74, 6) is 0.322. The van der Waals surface area contributed by atoms with Gasteiger partial charge in [0, 0.05) is 52.4 Å². The van der Waals surface area contributed by atoms with E-state index in [0.717, 1.165) is 52.3 Å². The van der Waals surface area contributed by atoms with E-state index in [1.165, 1.54) is 12.8 Å². The van der Waals surface area contributed by atoms with Crippen molar-refractivity contribution in [3.63, 3.8) is 0 Å². The molecule has 5 nitrogen and oxygen atoms in total. The molecule has 0 aromatic heterocycles. The Labute approximate surface area is 122 Å². The second-order valence-corrected chi connectivity index (χ2v) is 5.91. The number of ether oxygens (including phenoxy) is 1. The van der Waals surface area contributed by atoms with Gasteiger partial charge in [-0.2, -0.15) is 0 Å². The molecule has 2 saturated heterocycles. The number of rotatable bonds is 6. The predicted octanol–water partition coefficient (Wildman–Crippen LogP) is 0.651. The summed E-state index contributed by atoms with van der Waals surface area (Å²) >= 11 is 0. The molecule has 1 atom stereocenters. The van der Waals surface area contributed by atoms with Crippen LogP contribution in [0.3, 0.4) is 0 Å². The average Bonchev–Trinajstić information content (AvgIpc) is 3.00. The third kappa shape index (κ3) is 4.17. The number of methoxy groups -OCH3 is 1. The van der Waals surface area contributed by atoms with Gasteiger partial charge in [-0.3, -0.25) is 14.6 Å². The molecule has 0 N–H and O–H groups in total. The highest BCUT2D eigenvalue weighted by Gasteiger charge is 2.28. The van der Waals surface area contributed by atoms with Crippen molar-refractivity contribution in [3.8, 4) is 0 Å². The Hall–Kier alpha value is -0.650. The maximum Gasteiger partial charge on any atom is 0.236 e. The maximum absolute atomic E-state index is 12.2. The molecule has 0 spiro atoms. The van der Waals surface area contributed by atoms with Crippen molar-refractivity contribution in [2.45, 2.75) is 32.2 Å². The monoisotopic (exact) mass is 283 g/mol. The summed E-state index contributed by atoms with van der Waals surface area (Å²) < 4.78 is 5.18. The quantitative estimate of drug-likeness (QED) is 0.717. The maximum atomic E-state index is 12.2. The number of carbonyl (C=O) groups is 1. The van der Waals surface area contributed by atoms with Crippen molar-refractivity contribution < 1.29 is 9.53 Å². The van der Waals surface area contributed by atoms with E-state index in [4.69, 9.17) is 4.74 Å². The van der Waals surface area contributed by atoms with Crippen molar-refractivity contribution in [2.75, 3.05) is 59.5 Å². The first kappa shape index (κ1) is 15.7. The van der Waals surface area contributed by atoms with Crippen molar-refractivity contribution >= 4 is 5.91 Å². The summed E-state index contributed by atoms with van der Waals surface area (Å²) in [7, 11) is 1.76. The normalized spacial score (nSPS) is 25.3. The van der Waals surface area contributed by atoms with Gasteiger partial charge in [0.15, 0.2) is 0 Å². The number of nitrogens with zero attached hydrogens (tertiary/aromatic N) is 3. The SMILES string of the molecule is CC[C@@H]1CN(CC(=O)N2CCCC2)CCN1CCOC. The minimum Gasteiger partial charge on any atom is -0.383 e. The highest BCUT2D eigenvalue weighted by molar-refractivity contribution is 5.78. The Morgan fingerprint density at radius 2 is 1.95 bits per heavy atom. The van der Waals surface area contributed by atoms with Crippen LogP contribution < -0.4 is 0 Å². The molecule has 2 heterocycles. The van der Waals surface area contributed by atoms with E-state index < -0.39 is 0 Å². The fourth-order valence-electron chi connectivity index (χ4n) is 3.25. The number of hydrogen-bond acceptors (Lipinski definition) is 4. The van der Waals surface area contributed by atoms with Gasteiger partial charge in [0.05, 0.1) is 13.2 Å². The van der Waals surface area contributed by atoms with Crippen LogP contribution in [-0.2, 0) is 9.53 Å². The Morgan fingerprint density at radius 1 is 1.20 bits per heavy atom. The standard InChI is InChI=1S/C15H29N3O2/c1-3-14-12-16(8-9-17(14)10-11-20-2)13-15(19)18-6-4-5-7-18/h14H,3-13H2,1-2H3/t14-/m1/s1. The fraction of sp³-hybridized carbons (Fsp3) is 0.933. The summed E-state index contributed by atoms with van der Waals surface area (Å²) in [6, 6.07) is 0.560. The third-order valence-electron chi connectivity index (χ3n) is 4.56. The van der Waals surface area contributed by atoms with Crippen LogP contribution in [0.25, 0.3) is 0 Å². The minimum atomic E-state index is 0.322. The van der Waals surface area contributed by atoms with Crippen LogP contribution in [0, 0.1) is 0 Å². The molecule has 0 aromatic rings. The zero-order valence-corrected chi connectivity index (χ0v) is 13.0. The van der Waals surface area contributed by atoms with Gasteiger partial charge in [-0.25, -0.2) is 0 Å². The summed E-state index contributed by atoms with van der Waals surface area (Å²) in [5, 5.41) is 0. The Kier molecular flexibility index (Phi) is 6.26. The molecule has 0 unspecified atom stereocenters. The average molecular weight is 283 g/mol. The molecule has 20 heavy (non-hydrogen) atoms. The second kappa shape index (κ2) is 7.96. The van der Waals surface area contributed by atoms with E-state index in [-0.39, 0.29) is 0 Å². The van der Waals surface area contributed by atoms with E-state index >= 15 is 0 Å². The van der Waals surface area contributed by atoms with Crippen molar-refractivity contribution in [2.24, 2.45) is 0 Å². The first-order valence-electron chi connectivity index (χ1n) is 7.97. The van der Waals surface area contributed by atoms with Crippen molar-refractivity contribution in [3.05, 3.63) is 0 Å². The topological polar surface area (TPSA) is 36.0 Å². The van der Waals surface area contributed by atoms with Gasteiger partial charge in [0.1, 0.15) is 0 Å². The van der Waals surface area contributed by atoms with Crippen LogP contribution in [0.5, 0.6) is 0 Å². The van der Waals surface area contributed by atoms with Gasteiger partial charge in [0.2, 0.25) is 5.91 Å². The molecule has 5 heteroatoms. The van der Waals surface area contributed by atoms with Crippen LogP contribution in [0.4, 0.5) is 0 Å². The molecule has 0 aromatic carbocycles. The van der Waals surface area contributed by atoms with Crippen LogP contribution in [0.2, 0.25) is 0 Å². The minimum absolute atomic E-state index is 0.322. The molecule has 0 radical (unpaired) electrons. The molecule has 1 amide bonds. The molecule has 0 saturated carbocycles. The molecule has 116 valence electrons. The molecule has 2 rings (SSSR count). The second-order valence-electron chi connectivity index (χ2n) is 5.91. The van der Waals surface area contributed by atoms with Crippen molar-refractivity contribution in [1.82, 2.24) is 14.7 Å². The lowest BCUT2D eigenvalue weighted by molar-refractivity contribution is -0.132. The largest absolute Gasteiger partial charge is 0.383 e. The van der Waals surface area contributed by atoms with Crippen LogP contribution in [0.15, 0.2) is 0 Å². The Morgan fingerprint density at radius 3 is 2.60 bits per heavy atom. The van der Waals surface area contributed by atoms with Gasteiger partial charge in [-0.15, -0.1) is 0 Å². The number of hydrogen-bond donors (Lipinski definition) is 0. The molecule has 0 bridgehead atoms. The molecule has 2 aliphatic rings. The summed E-state index contributed by atoms with van der Waals surface area (Å²) in [5.41, 5.74) is 0. The van der Waals surface area contributed by atoms with Gasteiger partial charge in [-0.05, 0) is 19.3 Å². The summed E-state index contributed by atoms with van der Waals surface area (Å²) in [6.07, 6.45) is 3.49. The predicted molar refractivity (Wildman–Crippen MR) is 79.8 cm³/mol. The number of piperazine rings is 1. The van der Waals surface area contributed by atoms with E-state index in [1.807, 2.05) is 4.90 Å². The fourth-order valence-corrected chi connectivity index (χ4v) is 3.25. The summed E-state index contributed by atoms with van der Waals surface area (Å²) in [6.45, 7) is 9.62. The zero-order chi connectivity index (χ0) is 14.4. The van der Waals surface area contributed by atoms with Gasteiger partial charge >= 0.3 is 0 Å². The molecule has 2 fully saturated rings. The van der Waals surface area contributed by atoms with Gasteiger partial charge in [0.25, 0.3) is 0 Å². The van der Waals surface area contributed by atoms with E-state index in [1.54, 1.807) is 7.11 Å².